The Morgan fingerprint density at radius 2 is 1.82 bits per heavy atom. The van der Waals surface area contributed by atoms with Crippen LogP contribution in [0.15, 0.2) is 47.3 Å². The molecule has 0 unspecified atom stereocenters. The molecule has 6 heteroatoms. The van der Waals surface area contributed by atoms with E-state index in [0.29, 0.717) is 30.0 Å². The molecule has 2 aromatic carbocycles. The van der Waals surface area contributed by atoms with Gasteiger partial charge in [-0.3, -0.25) is 9.59 Å². The fourth-order valence-corrected chi connectivity index (χ4v) is 3.07. The number of carbonyl (C=O) groups is 1. The summed E-state index contributed by atoms with van der Waals surface area (Å²) < 4.78 is 10.5. The maximum atomic E-state index is 12.3. The highest BCUT2D eigenvalue weighted by Gasteiger charge is 2.09. The van der Waals surface area contributed by atoms with Gasteiger partial charge >= 0.3 is 0 Å². The normalized spacial score (nSPS) is 10.7. The quantitative estimate of drug-likeness (QED) is 0.660. The van der Waals surface area contributed by atoms with Crippen LogP contribution in [-0.4, -0.2) is 25.1 Å². The topological polar surface area (TPSA) is 80.4 Å². The van der Waals surface area contributed by atoms with Gasteiger partial charge in [-0.1, -0.05) is 18.2 Å². The van der Waals surface area contributed by atoms with Crippen molar-refractivity contribution in [1.29, 1.82) is 0 Å². The highest BCUT2D eigenvalue weighted by atomic mass is 16.5. The summed E-state index contributed by atoms with van der Waals surface area (Å²) in [7, 11) is 3.15. The first-order valence-electron chi connectivity index (χ1n) is 9.10. The van der Waals surface area contributed by atoms with Gasteiger partial charge in [0.1, 0.15) is 0 Å². The maximum Gasteiger partial charge on any atom is 0.251 e. The largest absolute Gasteiger partial charge is 0.493 e. The van der Waals surface area contributed by atoms with Gasteiger partial charge in [-0.2, -0.15) is 0 Å². The molecule has 0 atom stereocenters. The zero-order chi connectivity index (χ0) is 20.1. The molecule has 0 aliphatic heterocycles. The first kappa shape index (κ1) is 19.5. The van der Waals surface area contributed by atoms with E-state index >= 15 is 0 Å². The van der Waals surface area contributed by atoms with Crippen LogP contribution in [0.25, 0.3) is 10.9 Å². The Morgan fingerprint density at radius 3 is 2.57 bits per heavy atom. The molecule has 0 fully saturated rings. The standard InChI is InChI=1S/C22H24N2O4/c1-14-4-6-16-12-17(22(26)24-18(16)10-14)7-9-21(25)23-13-15-5-8-19(27-2)20(11-15)28-3/h4-6,8,10-12H,7,9,13H2,1-3H3,(H,23,25)(H,24,26). The third-order valence-electron chi connectivity index (χ3n) is 4.64. The number of nitrogens with one attached hydrogen (secondary N) is 2. The average molecular weight is 380 g/mol. The molecule has 0 spiro atoms. The average Bonchev–Trinajstić information content (AvgIpc) is 2.70. The molecule has 0 saturated carbocycles. The lowest BCUT2D eigenvalue weighted by Crippen LogP contribution is -2.24. The lowest BCUT2D eigenvalue weighted by atomic mass is 10.1. The van der Waals surface area contributed by atoms with Gasteiger partial charge < -0.3 is 19.8 Å². The number of benzene rings is 2. The van der Waals surface area contributed by atoms with Crippen molar-refractivity contribution >= 4 is 16.8 Å². The minimum Gasteiger partial charge on any atom is -0.493 e. The number of methoxy groups -OCH3 is 2. The van der Waals surface area contributed by atoms with Gasteiger partial charge in [0.2, 0.25) is 5.91 Å². The van der Waals surface area contributed by atoms with Gasteiger partial charge in [0.15, 0.2) is 11.5 Å². The smallest absolute Gasteiger partial charge is 0.251 e. The molecule has 0 aliphatic carbocycles. The van der Waals surface area contributed by atoms with Crippen molar-refractivity contribution in [2.45, 2.75) is 26.3 Å². The maximum absolute atomic E-state index is 12.3. The number of aryl methyl sites for hydroxylation is 2. The molecule has 6 nitrogen and oxygen atoms in total. The number of aromatic amines is 1. The van der Waals surface area contributed by atoms with Crippen LogP contribution in [0.4, 0.5) is 0 Å². The Morgan fingerprint density at radius 1 is 1.04 bits per heavy atom. The Hall–Kier alpha value is -3.28. The van der Waals surface area contributed by atoms with Gasteiger partial charge in [-0.25, -0.2) is 0 Å². The molecule has 0 saturated heterocycles. The first-order chi connectivity index (χ1) is 13.5. The number of rotatable bonds is 7. The van der Waals surface area contributed by atoms with Crippen LogP contribution >= 0.6 is 0 Å². The van der Waals surface area contributed by atoms with Crippen molar-refractivity contribution in [3.63, 3.8) is 0 Å². The van der Waals surface area contributed by atoms with E-state index in [1.165, 1.54) is 0 Å². The summed E-state index contributed by atoms with van der Waals surface area (Å²) in [6, 6.07) is 13.3. The third-order valence-corrected chi connectivity index (χ3v) is 4.64. The number of aromatic nitrogens is 1. The van der Waals surface area contributed by atoms with Gasteiger partial charge in [-0.05, 0) is 54.1 Å². The molecule has 0 bridgehead atoms. The van der Waals surface area contributed by atoms with E-state index in [9.17, 15) is 9.59 Å². The number of hydrogen-bond donors (Lipinski definition) is 2. The van der Waals surface area contributed by atoms with Crippen molar-refractivity contribution < 1.29 is 14.3 Å². The van der Waals surface area contributed by atoms with Crippen LogP contribution < -0.4 is 20.3 Å². The lowest BCUT2D eigenvalue weighted by Gasteiger charge is -2.10. The second kappa shape index (κ2) is 8.61. The number of carbonyl (C=O) groups excluding carboxylic acids is 1. The second-order valence-electron chi connectivity index (χ2n) is 6.68. The zero-order valence-corrected chi connectivity index (χ0v) is 16.3. The summed E-state index contributed by atoms with van der Waals surface area (Å²) in [6.45, 7) is 2.36. The van der Waals surface area contributed by atoms with E-state index in [4.69, 9.17) is 9.47 Å². The fraction of sp³-hybridized carbons (Fsp3) is 0.273. The second-order valence-corrected chi connectivity index (χ2v) is 6.68. The molecule has 1 aromatic heterocycles. The summed E-state index contributed by atoms with van der Waals surface area (Å²) in [6.07, 6.45) is 0.630. The van der Waals surface area contributed by atoms with E-state index in [2.05, 4.69) is 10.3 Å². The van der Waals surface area contributed by atoms with E-state index in [-0.39, 0.29) is 17.9 Å². The summed E-state index contributed by atoms with van der Waals surface area (Å²) in [5.41, 5.74) is 3.27. The number of pyridine rings is 1. The SMILES string of the molecule is COc1ccc(CNC(=O)CCc2cc3ccc(C)cc3[nH]c2=O)cc1OC. The van der Waals surface area contributed by atoms with Crippen molar-refractivity contribution in [2.75, 3.05) is 14.2 Å². The highest BCUT2D eigenvalue weighted by molar-refractivity contribution is 5.80. The Balaban J connectivity index is 1.60. The molecule has 2 N–H and O–H groups in total. The van der Waals surface area contributed by atoms with Gasteiger partial charge in [0.25, 0.3) is 5.56 Å². The Bertz CT molecular complexity index is 1060. The van der Waals surface area contributed by atoms with Crippen molar-refractivity contribution in [1.82, 2.24) is 10.3 Å². The molecular formula is C22H24N2O4. The van der Waals surface area contributed by atoms with E-state index in [0.717, 1.165) is 22.0 Å². The molecule has 1 heterocycles. The van der Waals surface area contributed by atoms with Crippen molar-refractivity contribution in [2.24, 2.45) is 0 Å². The van der Waals surface area contributed by atoms with Crippen LogP contribution in [-0.2, 0) is 17.8 Å². The van der Waals surface area contributed by atoms with Gasteiger partial charge in [-0.15, -0.1) is 0 Å². The summed E-state index contributed by atoms with van der Waals surface area (Å²) in [5.74, 6) is 1.15. The minimum absolute atomic E-state index is 0.113. The molecule has 3 aromatic rings. The summed E-state index contributed by atoms with van der Waals surface area (Å²) in [5, 5.41) is 3.84. The predicted octanol–water partition coefficient (Wildman–Crippen LogP) is 3.10. The lowest BCUT2D eigenvalue weighted by molar-refractivity contribution is -0.121. The van der Waals surface area contributed by atoms with Crippen LogP contribution in [0, 0.1) is 6.92 Å². The summed E-state index contributed by atoms with van der Waals surface area (Å²) in [4.78, 5) is 27.4. The number of fused-ring (bicyclic) bond motifs is 1. The minimum atomic E-state index is -0.147. The van der Waals surface area contributed by atoms with Crippen LogP contribution in [0.3, 0.4) is 0 Å². The monoisotopic (exact) mass is 380 g/mol. The zero-order valence-electron chi connectivity index (χ0n) is 16.3. The number of hydrogen-bond acceptors (Lipinski definition) is 4. The van der Waals surface area contributed by atoms with Crippen molar-refractivity contribution in [3.05, 3.63) is 69.5 Å². The fourth-order valence-electron chi connectivity index (χ4n) is 3.07. The van der Waals surface area contributed by atoms with E-state index < -0.39 is 0 Å². The molecule has 146 valence electrons. The Labute approximate surface area is 163 Å². The molecule has 3 rings (SSSR count). The number of amides is 1. The number of H-pyrrole nitrogens is 1. The molecule has 1 amide bonds. The Kier molecular flexibility index (Phi) is 5.99. The summed E-state index contributed by atoms with van der Waals surface area (Å²) >= 11 is 0. The molecule has 0 aliphatic rings. The molecular weight excluding hydrogens is 356 g/mol. The third kappa shape index (κ3) is 4.52. The van der Waals surface area contributed by atoms with Crippen molar-refractivity contribution in [3.8, 4) is 11.5 Å². The molecule has 28 heavy (non-hydrogen) atoms. The predicted molar refractivity (Wildman–Crippen MR) is 109 cm³/mol. The van der Waals surface area contributed by atoms with Crippen LogP contribution in [0.5, 0.6) is 11.5 Å². The molecule has 0 radical (unpaired) electrons. The highest BCUT2D eigenvalue weighted by Crippen LogP contribution is 2.27. The van der Waals surface area contributed by atoms with Gasteiger partial charge in [0.05, 0.1) is 14.2 Å². The van der Waals surface area contributed by atoms with Gasteiger partial charge in [0, 0.05) is 24.0 Å². The number of ether oxygens (including phenoxy) is 2. The van der Waals surface area contributed by atoms with E-state index in [1.54, 1.807) is 20.3 Å². The van der Waals surface area contributed by atoms with Crippen LogP contribution in [0.2, 0.25) is 0 Å². The first-order valence-corrected chi connectivity index (χ1v) is 9.10. The van der Waals surface area contributed by atoms with Crippen LogP contribution in [0.1, 0.15) is 23.1 Å². The van der Waals surface area contributed by atoms with E-state index in [1.807, 2.05) is 43.3 Å².